The van der Waals surface area contributed by atoms with Gasteiger partial charge in [0.2, 0.25) is 0 Å². The molecule has 5 nitrogen and oxygen atoms in total. The summed E-state index contributed by atoms with van der Waals surface area (Å²) in [6.45, 7) is 7.51. The fraction of sp³-hybridized carbons (Fsp3) is 0.692. The fourth-order valence-corrected chi connectivity index (χ4v) is 2.71. The molecule has 19 heavy (non-hydrogen) atoms. The molecular weight excluding hydrogens is 264 g/mol. The molecule has 1 fully saturated rings. The first-order valence-corrected chi connectivity index (χ1v) is 7.41. The molecule has 0 bridgehead atoms. The van der Waals surface area contributed by atoms with Crippen molar-refractivity contribution in [1.29, 1.82) is 0 Å². The quantitative estimate of drug-likeness (QED) is 0.917. The molecule has 0 aromatic carbocycles. The minimum Gasteiger partial charge on any atom is -0.376 e. The molecular formula is C13H20N2O3S. The Balaban J connectivity index is 1.91. The normalized spacial score (nSPS) is 21.4. The molecule has 2 heterocycles. The lowest BCUT2D eigenvalue weighted by molar-refractivity contribution is -0.148. The molecule has 1 aromatic heterocycles. The minimum atomic E-state index is -0.501. The average Bonchev–Trinajstić information content (AvgIpc) is 2.89. The van der Waals surface area contributed by atoms with E-state index in [-0.39, 0.29) is 11.9 Å². The number of nitrogens with zero attached hydrogens (tertiary/aromatic N) is 1. The van der Waals surface area contributed by atoms with Gasteiger partial charge < -0.3 is 14.8 Å². The molecule has 0 spiro atoms. The van der Waals surface area contributed by atoms with E-state index in [1.807, 2.05) is 12.3 Å². The molecule has 6 heteroatoms. The van der Waals surface area contributed by atoms with E-state index < -0.39 is 6.10 Å². The summed E-state index contributed by atoms with van der Waals surface area (Å²) in [5.41, 5.74) is 0.902. The molecule has 0 unspecified atom stereocenters. The second-order valence-corrected chi connectivity index (χ2v) is 5.82. The molecule has 1 aromatic rings. The van der Waals surface area contributed by atoms with Gasteiger partial charge >= 0.3 is 0 Å². The van der Waals surface area contributed by atoms with E-state index in [2.05, 4.69) is 24.1 Å². The molecule has 1 saturated heterocycles. The van der Waals surface area contributed by atoms with Gasteiger partial charge in [0.15, 0.2) is 6.10 Å². The maximum atomic E-state index is 12.0. The fourth-order valence-electron chi connectivity index (χ4n) is 1.78. The Hall–Kier alpha value is -0.980. The topological polar surface area (TPSA) is 60.5 Å². The van der Waals surface area contributed by atoms with E-state index in [1.165, 1.54) is 0 Å². The molecule has 0 aliphatic carbocycles. The summed E-state index contributed by atoms with van der Waals surface area (Å²) in [6.07, 6.45) is -0.501. The Bertz CT molecular complexity index is 427. The van der Waals surface area contributed by atoms with Crippen LogP contribution >= 0.6 is 11.3 Å². The average molecular weight is 284 g/mol. The SMILES string of the molecule is CC(C)c1nc([C@@H](C)NC(=O)[C@H]2COCCO2)cs1. The zero-order valence-electron chi connectivity index (χ0n) is 11.5. The van der Waals surface area contributed by atoms with Crippen molar-refractivity contribution in [2.45, 2.75) is 38.8 Å². The van der Waals surface area contributed by atoms with E-state index in [1.54, 1.807) is 11.3 Å². The minimum absolute atomic E-state index is 0.109. The van der Waals surface area contributed by atoms with E-state index in [0.717, 1.165) is 10.7 Å². The zero-order chi connectivity index (χ0) is 13.8. The first-order chi connectivity index (χ1) is 9.08. The zero-order valence-corrected chi connectivity index (χ0v) is 12.3. The maximum Gasteiger partial charge on any atom is 0.252 e. The van der Waals surface area contributed by atoms with Crippen molar-refractivity contribution >= 4 is 17.2 Å². The number of carbonyl (C=O) groups excluding carboxylic acids is 1. The van der Waals surface area contributed by atoms with Crippen LogP contribution in [0.25, 0.3) is 0 Å². The first kappa shape index (κ1) is 14.4. The molecule has 0 radical (unpaired) electrons. The number of carbonyl (C=O) groups is 1. The van der Waals surface area contributed by atoms with Crippen LogP contribution in [0.4, 0.5) is 0 Å². The third-order valence-electron chi connectivity index (χ3n) is 2.94. The summed E-state index contributed by atoms with van der Waals surface area (Å²) >= 11 is 1.63. The summed E-state index contributed by atoms with van der Waals surface area (Å²) in [5.74, 6) is 0.281. The Morgan fingerprint density at radius 3 is 2.84 bits per heavy atom. The molecule has 1 aliphatic heterocycles. The molecule has 1 amide bonds. The third-order valence-corrected chi connectivity index (χ3v) is 4.11. The van der Waals surface area contributed by atoms with E-state index in [0.29, 0.717) is 25.7 Å². The standard InChI is InChI=1S/C13H20N2O3S/c1-8(2)13-15-10(7-19-13)9(3)14-12(16)11-6-17-4-5-18-11/h7-9,11H,4-6H2,1-3H3,(H,14,16)/t9-,11-/m1/s1. The maximum absolute atomic E-state index is 12.0. The Morgan fingerprint density at radius 1 is 1.47 bits per heavy atom. The van der Waals surface area contributed by atoms with Gasteiger partial charge in [0.05, 0.1) is 36.6 Å². The van der Waals surface area contributed by atoms with E-state index in [9.17, 15) is 4.79 Å². The number of aromatic nitrogens is 1. The van der Waals surface area contributed by atoms with Crippen molar-refractivity contribution in [1.82, 2.24) is 10.3 Å². The van der Waals surface area contributed by atoms with Gasteiger partial charge in [-0.25, -0.2) is 4.98 Å². The van der Waals surface area contributed by atoms with Crippen LogP contribution in [0.1, 0.15) is 43.4 Å². The predicted molar refractivity (Wildman–Crippen MR) is 73.3 cm³/mol. The smallest absolute Gasteiger partial charge is 0.252 e. The van der Waals surface area contributed by atoms with Crippen LogP contribution in [0.5, 0.6) is 0 Å². The van der Waals surface area contributed by atoms with Crippen LogP contribution in [-0.2, 0) is 14.3 Å². The van der Waals surface area contributed by atoms with Crippen LogP contribution in [-0.4, -0.2) is 36.8 Å². The lowest BCUT2D eigenvalue weighted by atomic mass is 10.2. The highest BCUT2D eigenvalue weighted by Crippen LogP contribution is 2.22. The second kappa shape index (κ2) is 6.45. The third kappa shape index (κ3) is 3.75. The van der Waals surface area contributed by atoms with E-state index in [4.69, 9.17) is 9.47 Å². The second-order valence-electron chi connectivity index (χ2n) is 4.93. The number of thiazole rings is 1. The lowest BCUT2D eigenvalue weighted by Crippen LogP contribution is -2.43. The van der Waals surface area contributed by atoms with Gasteiger partial charge in [0.25, 0.3) is 5.91 Å². The van der Waals surface area contributed by atoms with Crippen LogP contribution in [0, 0.1) is 0 Å². The van der Waals surface area contributed by atoms with Gasteiger partial charge in [-0.15, -0.1) is 11.3 Å². The highest BCUT2D eigenvalue weighted by Gasteiger charge is 2.24. The van der Waals surface area contributed by atoms with Crippen molar-refractivity contribution < 1.29 is 14.3 Å². The molecule has 2 atom stereocenters. The van der Waals surface area contributed by atoms with E-state index >= 15 is 0 Å². The van der Waals surface area contributed by atoms with Crippen molar-refractivity contribution in [3.63, 3.8) is 0 Å². The Labute approximate surface area is 117 Å². The molecule has 1 N–H and O–H groups in total. The number of rotatable bonds is 4. The van der Waals surface area contributed by atoms with Crippen molar-refractivity contribution in [2.24, 2.45) is 0 Å². The summed E-state index contributed by atoms with van der Waals surface area (Å²) in [4.78, 5) is 16.5. The highest BCUT2D eigenvalue weighted by molar-refractivity contribution is 7.09. The Morgan fingerprint density at radius 2 is 2.26 bits per heavy atom. The van der Waals surface area contributed by atoms with Gasteiger partial charge in [0, 0.05) is 11.3 Å². The Kier molecular flexibility index (Phi) is 4.90. The van der Waals surface area contributed by atoms with Gasteiger partial charge in [-0.1, -0.05) is 13.8 Å². The molecule has 2 rings (SSSR count). The van der Waals surface area contributed by atoms with Gasteiger partial charge in [0.1, 0.15) is 0 Å². The van der Waals surface area contributed by atoms with Crippen LogP contribution < -0.4 is 5.32 Å². The molecule has 0 saturated carbocycles. The lowest BCUT2D eigenvalue weighted by Gasteiger charge is -2.23. The predicted octanol–water partition coefficient (Wildman–Crippen LogP) is 1.86. The highest BCUT2D eigenvalue weighted by atomic mass is 32.1. The van der Waals surface area contributed by atoms with Gasteiger partial charge in [-0.2, -0.15) is 0 Å². The molecule has 1 aliphatic rings. The summed E-state index contributed by atoms with van der Waals surface area (Å²) in [5, 5.41) is 6.01. The first-order valence-electron chi connectivity index (χ1n) is 6.53. The van der Waals surface area contributed by atoms with Crippen LogP contribution in [0.3, 0.4) is 0 Å². The van der Waals surface area contributed by atoms with Crippen LogP contribution in [0.15, 0.2) is 5.38 Å². The summed E-state index contributed by atoms with van der Waals surface area (Å²) < 4.78 is 10.6. The monoisotopic (exact) mass is 284 g/mol. The summed E-state index contributed by atoms with van der Waals surface area (Å²) in [7, 11) is 0. The van der Waals surface area contributed by atoms with Gasteiger partial charge in [-0.3, -0.25) is 4.79 Å². The number of nitrogens with one attached hydrogen (secondary N) is 1. The number of ether oxygens (including phenoxy) is 2. The van der Waals surface area contributed by atoms with Crippen molar-refractivity contribution in [2.75, 3.05) is 19.8 Å². The van der Waals surface area contributed by atoms with Crippen molar-refractivity contribution in [3.8, 4) is 0 Å². The van der Waals surface area contributed by atoms with Gasteiger partial charge in [-0.05, 0) is 6.92 Å². The van der Waals surface area contributed by atoms with Crippen LogP contribution in [0.2, 0.25) is 0 Å². The summed E-state index contributed by atoms with van der Waals surface area (Å²) in [6, 6.07) is -0.109. The number of amides is 1. The van der Waals surface area contributed by atoms with Crippen molar-refractivity contribution in [3.05, 3.63) is 16.1 Å². The number of hydrogen-bond donors (Lipinski definition) is 1. The number of hydrogen-bond acceptors (Lipinski definition) is 5. The molecule has 106 valence electrons. The largest absolute Gasteiger partial charge is 0.376 e.